The van der Waals surface area contributed by atoms with Crippen LogP contribution in [0.5, 0.6) is 5.75 Å². The van der Waals surface area contributed by atoms with Crippen molar-refractivity contribution < 1.29 is 14.8 Å². The van der Waals surface area contributed by atoms with Crippen molar-refractivity contribution in [1.82, 2.24) is 5.32 Å². The lowest BCUT2D eigenvalue weighted by molar-refractivity contribution is -0.385. The van der Waals surface area contributed by atoms with E-state index in [1.807, 2.05) is 19.9 Å². The van der Waals surface area contributed by atoms with Crippen molar-refractivity contribution in [2.24, 2.45) is 0 Å². The highest BCUT2D eigenvalue weighted by atomic mass is 16.6. The molecule has 2 N–H and O–H groups in total. The third-order valence-electron chi connectivity index (χ3n) is 2.48. The van der Waals surface area contributed by atoms with Gasteiger partial charge >= 0.3 is 5.69 Å². The second kappa shape index (κ2) is 7.43. The minimum absolute atomic E-state index is 0.0394. The van der Waals surface area contributed by atoms with Gasteiger partial charge in [0.25, 0.3) is 0 Å². The number of rotatable bonds is 7. The Morgan fingerprint density at radius 2 is 2.25 bits per heavy atom. The highest BCUT2D eigenvalue weighted by Gasteiger charge is 2.17. The summed E-state index contributed by atoms with van der Waals surface area (Å²) in [6.45, 7) is 4.16. The zero-order valence-electron chi connectivity index (χ0n) is 11.4. The number of ether oxygens (including phenoxy) is 1. The van der Waals surface area contributed by atoms with Crippen molar-refractivity contribution in [3.63, 3.8) is 0 Å². The molecule has 0 bridgehead atoms. The quantitative estimate of drug-likeness (QED) is 0.573. The Morgan fingerprint density at radius 3 is 2.80 bits per heavy atom. The van der Waals surface area contributed by atoms with Gasteiger partial charge in [0.15, 0.2) is 5.75 Å². The van der Waals surface area contributed by atoms with E-state index in [4.69, 9.17) is 10.00 Å². The average Bonchev–Trinajstić information content (AvgIpc) is 2.42. The van der Waals surface area contributed by atoms with Crippen molar-refractivity contribution in [3.8, 4) is 11.8 Å². The summed E-state index contributed by atoms with van der Waals surface area (Å²) in [7, 11) is 0. The van der Waals surface area contributed by atoms with Gasteiger partial charge in [0.05, 0.1) is 16.6 Å². The second-order valence-electron chi connectivity index (χ2n) is 4.58. The van der Waals surface area contributed by atoms with Crippen LogP contribution in [0.1, 0.15) is 19.4 Å². The van der Waals surface area contributed by atoms with Crippen LogP contribution >= 0.6 is 0 Å². The van der Waals surface area contributed by atoms with E-state index in [0.29, 0.717) is 6.54 Å². The van der Waals surface area contributed by atoms with Crippen LogP contribution in [0.3, 0.4) is 0 Å². The fourth-order valence-electron chi connectivity index (χ4n) is 1.47. The fraction of sp³-hybridized carbons (Fsp3) is 0.462. The van der Waals surface area contributed by atoms with Crippen LogP contribution in [0.2, 0.25) is 0 Å². The number of aliphatic hydroxyl groups is 1. The standard InChI is InChI=1S/C13H17N3O4/c1-9(2)15-7-11(17)8-20-13-4-3-10(6-14)5-12(13)16(18)19/h3-5,9,11,15,17H,7-8H2,1-2H3. The largest absolute Gasteiger partial charge is 0.484 e. The van der Waals surface area contributed by atoms with Gasteiger partial charge < -0.3 is 15.2 Å². The van der Waals surface area contributed by atoms with E-state index in [2.05, 4.69) is 5.32 Å². The number of hydrogen-bond donors (Lipinski definition) is 2. The molecule has 1 aromatic rings. The summed E-state index contributed by atoms with van der Waals surface area (Å²) in [6.07, 6.45) is -0.771. The van der Waals surface area contributed by atoms with Gasteiger partial charge in [0, 0.05) is 18.7 Å². The van der Waals surface area contributed by atoms with Gasteiger partial charge in [-0.05, 0) is 12.1 Å². The topological polar surface area (TPSA) is 108 Å². The molecular weight excluding hydrogens is 262 g/mol. The summed E-state index contributed by atoms with van der Waals surface area (Å²) in [5, 5.41) is 32.3. The number of nitro benzene ring substituents is 1. The van der Waals surface area contributed by atoms with E-state index >= 15 is 0 Å². The molecule has 1 aromatic carbocycles. The van der Waals surface area contributed by atoms with E-state index in [1.165, 1.54) is 12.1 Å². The van der Waals surface area contributed by atoms with Gasteiger partial charge in [-0.15, -0.1) is 0 Å². The molecule has 0 aliphatic carbocycles. The minimum atomic E-state index is -0.771. The van der Waals surface area contributed by atoms with Gasteiger partial charge in [-0.1, -0.05) is 13.8 Å². The lowest BCUT2D eigenvalue weighted by Crippen LogP contribution is -2.35. The zero-order chi connectivity index (χ0) is 15.1. The summed E-state index contributed by atoms with van der Waals surface area (Å²) in [5.41, 5.74) is -0.0980. The Bertz CT molecular complexity index is 511. The number of hydrogen-bond acceptors (Lipinski definition) is 6. The Kier molecular flexibility index (Phi) is 5.90. The summed E-state index contributed by atoms with van der Waals surface area (Å²) in [6, 6.07) is 6.00. The van der Waals surface area contributed by atoms with E-state index in [9.17, 15) is 15.2 Å². The van der Waals surface area contributed by atoms with Gasteiger partial charge in [-0.25, -0.2) is 0 Å². The smallest absolute Gasteiger partial charge is 0.312 e. The molecule has 7 nitrogen and oxygen atoms in total. The third kappa shape index (κ3) is 4.84. The SMILES string of the molecule is CC(C)NCC(O)COc1ccc(C#N)cc1[N+](=O)[O-]. The highest BCUT2D eigenvalue weighted by Crippen LogP contribution is 2.27. The van der Waals surface area contributed by atoms with Crippen LogP contribution < -0.4 is 10.1 Å². The first-order valence-electron chi connectivity index (χ1n) is 6.16. The Labute approximate surface area is 116 Å². The maximum atomic E-state index is 10.9. The van der Waals surface area contributed by atoms with Crippen LogP contribution in [0.25, 0.3) is 0 Å². The molecule has 0 saturated carbocycles. The number of aliphatic hydroxyl groups excluding tert-OH is 1. The summed E-state index contributed by atoms with van der Waals surface area (Å²) in [4.78, 5) is 10.3. The molecule has 0 radical (unpaired) electrons. The van der Waals surface area contributed by atoms with Crippen molar-refractivity contribution in [2.45, 2.75) is 26.0 Å². The van der Waals surface area contributed by atoms with Gasteiger partial charge in [-0.2, -0.15) is 5.26 Å². The number of nitrogens with one attached hydrogen (secondary N) is 1. The number of nitriles is 1. The normalized spacial score (nSPS) is 11.9. The first kappa shape index (κ1) is 15.9. The van der Waals surface area contributed by atoms with E-state index < -0.39 is 11.0 Å². The van der Waals surface area contributed by atoms with Crippen LogP contribution in [0, 0.1) is 21.4 Å². The van der Waals surface area contributed by atoms with Crippen molar-refractivity contribution >= 4 is 5.69 Å². The summed E-state index contributed by atoms with van der Waals surface area (Å²) in [5.74, 6) is 0.0394. The van der Waals surface area contributed by atoms with Crippen molar-refractivity contribution in [3.05, 3.63) is 33.9 Å². The Morgan fingerprint density at radius 1 is 1.55 bits per heavy atom. The van der Waals surface area contributed by atoms with E-state index in [1.54, 1.807) is 0 Å². The minimum Gasteiger partial charge on any atom is -0.484 e. The number of nitro groups is 1. The van der Waals surface area contributed by atoms with Crippen molar-refractivity contribution in [1.29, 1.82) is 5.26 Å². The molecular formula is C13H17N3O4. The molecule has 0 aliphatic heterocycles. The average molecular weight is 279 g/mol. The maximum Gasteiger partial charge on any atom is 0.312 e. The lowest BCUT2D eigenvalue weighted by atomic mass is 10.2. The molecule has 0 aromatic heterocycles. The number of nitrogens with zero attached hydrogens (tertiary/aromatic N) is 2. The molecule has 7 heteroatoms. The Balaban J connectivity index is 2.68. The van der Waals surface area contributed by atoms with Gasteiger partial charge in [0.1, 0.15) is 12.7 Å². The van der Waals surface area contributed by atoms with Gasteiger partial charge in [0.2, 0.25) is 0 Å². The third-order valence-corrected chi connectivity index (χ3v) is 2.48. The molecule has 1 atom stereocenters. The summed E-state index contributed by atoms with van der Waals surface area (Å²) < 4.78 is 5.25. The van der Waals surface area contributed by atoms with Crippen molar-refractivity contribution in [2.75, 3.05) is 13.2 Å². The second-order valence-corrected chi connectivity index (χ2v) is 4.58. The molecule has 108 valence electrons. The monoisotopic (exact) mass is 279 g/mol. The first-order valence-corrected chi connectivity index (χ1v) is 6.16. The Hall–Kier alpha value is -2.17. The van der Waals surface area contributed by atoms with Gasteiger partial charge in [-0.3, -0.25) is 10.1 Å². The number of benzene rings is 1. The molecule has 0 aliphatic rings. The molecule has 1 unspecified atom stereocenters. The highest BCUT2D eigenvalue weighted by molar-refractivity contribution is 5.51. The van der Waals surface area contributed by atoms with Crippen LogP contribution in [-0.4, -0.2) is 35.3 Å². The predicted octanol–water partition coefficient (Wildman–Crippen LogP) is 1.20. The summed E-state index contributed by atoms with van der Waals surface area (Å²) >= 11 is 0. The molecule has 20 heavy (non-hydrogen) atoms. The molecule has 1 rings (SSSR count). The molecule has 0 heterocycles. The molecule has 0 fully saturated rings. The predicted molar refractivity (Wildman–Crippen MR) is 72.5 cm³/mol. The lowest BCUT2D eigenvalue weighted by Gasteiger charge is -2.15. The van der Waals surface area contributed by atoms with Crippen LogP contribution in [-0.2, 0) is 0 Å². The molecule has 0 amide bonds. The zero-order valence-corrected chi connectivity index (χ0v) is 11.4. The first-order chi connectivity index (χ1) is 9.43. The van der Waals surface area contributed by atoms with Crippen LogP contribution in [0.4, 0.5) is 5.69 Å². The van der Waals surface area contributed by atoms with Crippen LogP contribution in [0.15, 0.2) is 18.2 Å². The fourth-order valence-corrected chi connectivity index (χ4v) is 1.47. The molecule has 0 spiro atoms. The van der Waals surface area contributed by atoms with E-state index in [0.717, 1.165) is 6.07 Å². The van der Waals surface area contributed by atoms with E-state index in [-0.39, 0.29) is 29.6 Å². The maximum absolute atomic E-state index is 10.9. The molecule has 0 saturated heterocycles.